The highest BCUT2D eigenvalue weighted by atomic mass is 16.6. The van der Waals surface area contributed by atoms with Crippen LogP contribution in [0, 0.1) is 17.8 Å². The molecule has 11 atom stereocenters. The first-order chi connectivity index (χ1) is 34.9. The summed E-state index contributed by atoms with van der Waals surface area (Å²) in [6, 6.07) is 5.57. The van der Waals surface area contributed by atoms with E-state index in [1.165, 1.54) is 6.20 Å². The summed E-state index contributed by atoms with van der Waals surface area (Å²) in [6.07, 6.45) is 9.73. The molecule has 3 heterocycles. The zero-order chi connectivity index (χ0) is 57.6. The maximum atomic E-state index is 12.4. The van der Waals surface area contributed by atoms with Gasteiger partial charge in [-0.15, -0.1) is 0 Å². The Morgan fingerprint density at radius 3 is 2.09 bits per heavy atom. The summed E-state index contributed by atoms with van der Waals surface area (Å²) in [5.41, 5.74) is -1.04. The number of ether oxygens (including phenoxy) is 4. The molecule has 0 spiro atoms. The number of carbonyl (C=O) groups excluding carboxylic acids is 1. The van der Waals surface area contributed by atoms with Crippen molar-refractivity contribution in [2.45, 2.75) is 201 Å². The van der Waals surface area contributed by atoms with Crippen LogP contribution in [-0.2, 0) is 36.7 Å². The molecule has 2 saturated heterocycles. The van der Waals surface area contributed by atoms with Crippen molar-refractivity contribution in [3.8, 4) is 0 Å². The fraction of sp³-hybridized carbons (Fsp3) is 0.804. The number of aromatic carboxylic acids is 1. The average Bonchev–Trinajstić information content (AvgIpc) is 3.34. The average molecular weight is 1060 g/mol. The van der Waals surface area contributed by atoms with E-state index in [0.717, 1.165) is 75.8 Å². The van der Waals surface area contributed by atoms with Gasteiger partial charge < -0.3 is 79.4 Å². The third kappa shape index (κ3) is 32.6. The molecule has 9 N–H and O–H groups in total. The van der Waals surface area contributed by atoms with Crippen LogP contribution in [0.25, 0.3) is 10.9 Å². The number of nitrogens with zero attached hydrogens (tertiary/aromatic N) is 2. The summed E-state index contributed by atoms with van der Waals surface area (Å²) in [5, 5.41) is 77.6. The second-order valence-electron chi connectivity index (χ2n) is 20.0. The van der Waals surface area contributed by atoms with Gasteiger partial charge in [0.05, 0.1) is 61.5 Å². The first-order valence-electron chi connectivity index (χ1n) is 26.9. The van der Waals surface area contributed by atoms with E-state index in [1.807, 2.05) is 93.6 Å². The van der Waals surface area contributed by atoms with Crippen LogP contribution in [0.2, 0.25) is 0 Å². The van der Waals surface area contributed by atoms with E-state index in [-0.39, 0.29) is 36.2 Å². The van der Waals surface area contributed by atoms with Crippen molar-refractivity contribution in [1.29, 1.82) is 0 Å². The molecule has 0 saturated carbocycles. The molecule has 2 fully saturated rings. The minimum absolute atomic E-state index is 0.00446. The SMILES string of the molecule is CC.CC1CC(C)O[C@@H](O)C1.CC[C@@H](OC)[C@@](C)(O)C(O)CN(C)C[C@H](C)CC(C)(O)CCCC(C)C=O.CCn1cc(C(=O)O)c(=O)c2cc(CCCOCCO)ccc21.CNC.CO.C[C@@H]1CCC(O)CO1. The lowest BCUT2D eigenvalue weighted by Crippen LogP contribution is -2.54. The highest BCUT2D eigenvalue weighted by Crippen LogP contribution is 2.26. The minimum atomic E-state index is -1.32. The van der Waals surface area contributed by atoms with Gasteiger partial charge >= 0.3 is 5.97 Å². The Hall–Kier alpha value is -2.95. The molecule has 436 valence electrons. The molecule has 0 radical (unpaired) electrons. The number of aldehydes is 1. The summed E-state index contributed by atoms with van der Waals surface area (Å²) >= 11 is 0. The van der Waals surface area contributed by atoms with Gasteiger partial charge in [-0.1, -0.05) is 47.6 Å². The number of carbonyl (C=O) groups is 2. The molecule has 2 aromatic rings. The fourth-order valence-electron chi connectivity index (χ4n) is 8.72. The van der Waals surface area contributed by atoms with Crippen LogP contribution in [0.3, 0.4) is 0 Å². The number of carboxylic acids is 1. The lowest BCUT2D eigenvalue weighted by molar-refractivity contribution is -0.169. The van der Waals surface area contributed by atoms with E-state index in [1.54, 1.807) is 24.7 Å². The molecule has 2 aliphatic heterocycles. The summed E-state index contributed by atoms with van der Waals surface area (Å²) in [6.45, 7) is 24.4. The molecule has 1 aromatic heterocycles. The van der Waals surface area contributed by atoms with E-state index in [0.29, 0.717) is 76.1 Å². The van der Waals surface area contributed by atoms with Crippen molar-refractivity contribution in [1.82, 2.24) is 14.8 Å². The molecular formula is C56H107N3O15. The number of fused-ring (bicyclic) bond motifs is 1. The molecule has 2 aliphatic rings. The van der Waals surface area contributed by atoms with Crippen molar-refractivity contribution in [2.24, 2.45) is 17.8 Å². The number of benzene rings is 1. The van der Waals surface area contributed by atoms with Gasteiger partial charge in [0.15, 0.2) is 6.29 Å². The van der Waals surface area contributed by atoms with Crippen LogP contribution in [0.5, 0.6) is 0 Å². The number of methoxy groups -OCH3 is 1. The Balaban J connectivity index is -0.000000951. The zero-order valence-electron chi connectivity index (χ0n) is 48.6. The Labute approximate surface area is 445 Å². The number of aryl methyl sites for hydroxylation is 2. The summed E-state index contributed by atoms with van der Waals surface area (Å²) in [7, 11) is 8.20. The third-order valence-electron chi connectivity index (χ3n) is 12.4. The molecule has 6 unspecified atom stereocenters. The molecule has 1 aromatic carbocycles. The van der Waals surface area contributed by atoms with Crippen molar-refractivity contribution in [3.63, 3.8) is 0 Å². The van der Waals surface area contributed by atoms with E-state index >= 15 is 0 Å². The molecular weight excluding hydrogens is 955 g/mol. The van der Waals surface area contributed by atoms with Crippen LogP contribution in [0.4, 0.5) is 0 Å². The third-order valence-corrected chi connectivity index (χ3v) is 12.4. The summed E-state index contributed by atoms with van der Waals surface area (Å²) in [4.78, 5) is 36.3. The monoisotopic (exact) mass is 1060 g/mol. The van der Waals surface area contributed by atoms with Gasteiger partial charge in [-0.2, -0.15) is 0 Å². The molecule has 0 bridgehead atoms. The molecule has 74 heavy (non-hydrogen) atoms. The predicted molar refractivity (Wildman–Crippen MR) is 296 cm³/mol. The Morgan fingerprint density at radius 1 is 1.00 bits per heavy atom. The largest absolute Gasteiger partial charge is 0.477 e. The van der Waals surface area contributed by atoms with Gasteiger partial charge in [-0.25, -0.2) is 4.79 Å². The number of aliphatic hydroxyl groups excluding tert-OH is 5. The first-order valence-corrected chi connectivity index (χ1v) is 26.9. The number of carboxylic acid groups (broad SMARTS) is 1. The quantitative estimate of drug-likeness (QED) is 0.0452. The standard InChI is InChI=1S/C21H43NO5.C17H21NO5.C7H14O2.C6H12O2.C2H7N.C2H6.CH4O/c1-8-19(27-7)21(5,26)18(24)14-22(6)13-17(3)12-20(4,25)11-9-10-16(2)15-23;1-2-18-11-14(17(21)22)16(20)13-10-12(5-6-15(13)18)4-3-8-23-9-7-19;1-5-3-6(2)9-7(8)4-5;1-5-2-3-6(7)4-8-5;1-3-2;2*1-2/h15-19,24-26H,8-14H2,1-7H3;5-6,10-11,19H,2-4,7-9H2,1H3,(H,21,22);5-8H,3-4H2,1-2H3;5-7H,2-4H2,1H3;3H,1-2H3;1-2H3;2H,1H3/t16?,17-,18?,19-,20?,21+;;5?,6?,7-;5-,6?;;;/m1.11.../s1. The highest BCUT2D eigenvalue weighted by Gasteiger charge is 2.39. The van der Waals surface area contributed by atoms with Crippen LogP contribution >= 0.6 is 0 Å². The van der Waals surface area contributed by atoms with Gasteiger partial charge in [0.1, 0.15) is 17.5 Å². The van der Waals surface area contributed by atoms with Gasteiger partial charge in [-0.05, 0) is 150 Å². The van der Waals surface area contributed by atoms with E-state index in [2.05, 4.69) is 19.2 Å². The number of hydrogen-bond acceptors (Lipinski definition) is 16. The molecule has 18 heteroatoms. The second-order valence-corrected chi connectivity index (χ2v) is 20.0. The zero-order valence-corrected chi connectivity index (χ0v) is 48.6. The summed E-state index contributed by atoms with van der Waals surface area (Å²) in [5.74, 6) is -0.321. The Bertz CT molecular complexity index is 1720. The van der Waals surface area contributed by atoms with Crippen LogP contribution in [0.15, 0.2) is 29.2 Å². The predicted octanol–water partition coefficient (Wildman–Crippen LogP) is 6.06. The number of hydrogen-bond donors (Lipinski definition) is 9. The molecule has 0 aliphatic carbocycles. The number of aromatic nitrogens is 1. The van der Waals surface area contributed by atoms with Crippen molar-refractivity contribution in [3.05, 3.63) is 45.7 Å². The number of nitrogens with one attached hydrogen (secondary N) is 1. The van der Waals surface area contributed by atoms with Crippen molar-refractivity contribution in [2.75, 3.05) is 74.9 Å². The molecule has 4 rings (SSSR count). The first kappa shape index (κ1) is 75.3. The lowest BCUT2D eigenvalue weighted by Gasteiger charge is -2.37. The van der Waals surface area contributed by atoms with Crippen molar-refractivity contribution >= 4 is 23.2 Å². The topological polar surface area (TPSA) is 270 Å². The number of rotatable bonds is 23. The second kappa shape index (κ2) is 43.1. The van der Waals surface area contributed by atoms with Gasteiger partial charge in [0.25, 0.3) is 0 Å². The van der Waals surface area contributed by atoms with Gasteiger partial charge in [0, 0.05) is 64.4 Å². The van der Waals surface area contributed by atoms with Crippen LogP contribution in [-0.4, -0.2) is 185 Å². The molecule has 18 nitrogen and oxygen atoms in total. The van der Waals surface area contributed by atoms with Crippen molar-refractivity contribution < 1.29 is 69.4 Å². The number of pyridine rings is 1. The van der Waals surface area contributed by atoms with E-state index < -0.39 is 41.1 Å². The maximum absolute atomic E-state index is 12.4. The smallest absolute Gasteiger partial charge is 0.341 e. The van der Waals surface area contributed by atoms with E-state index in [9.17, 15) is 34.8 Å². The van der Waals surface area contributed by atoms with Crippen LogP contribution in [0.1, 0.15) is 156 Å². The number of likely N-dealkylation sites (N-methyl/N-ethyl adjacent to an activating group) is 1. The Morgan fingerprint density at radius 2 is 1.62 bits per heavy atom. The normalized spacial score (nSPS) is 21.3. The molecule has 0 amide bonds. The number of aliphatic hydroxyl groups is 7. The highest BCUT2D eigenvalue weighted by molar-refractivity contribution is 5.92. The van der Waals surface area contributed by atoms with Gasteiger partial charge in [0.2, 0.25) is 5.43 Å². The Kier molecular flexibility index (Phi) is 43.8. The van der Waals surface area contributed by atoms with E-state index in [4.69, 9.17) is 39.4 Å². The minimum Gasteiger partial charge on any atom is -0.477 e. The lowest BCUT2D eigenvalue weighted by atomic mass is 9.87. The van der Waals surface area contributed by atoms with Gasteiger partial charge in [-0.3, -0.25) is 4.79 Å². The van der Waals surface area contributed by atoms with Crippen LogP contribution < -0.4 is 10.7 Å². The maximum Gasteiger partial charge on any atom is 0.341 e. The fourth-order valence-corrected chi connectivity index (χ4v) is 8.72. The summed E-state index contributed by atoms with van der Waals surface area (Å²) < 4.78 is 22.5.